The normalized spacial score (nSPS) is 13.4. The van der Waals surface area contributed by atoms with Crippen LogP contribution in [0, 0.1) is 17.1 Å². The average Bonchev–Trinajstić information content (AvgIpc) is 3.11. The van der Waals surface area contributed by atoms with E-state index in [1.165, 1.54) is 29.4 Å². The van der Waals surface area contributed by atoms with Gasteiger partial charge in [0.15, 0.2) is 0 Å². The SMILES string of the molecule is CNSc1ccccc1CC(=O)Nc1sc2c(c1C#N)CN(Cc1cccc(F)c1)CC2. The van der Waals surface area contributed by atoms with Crippen molar-refractivity contribution < 1.29 is 9.18 Å². The molecule has 4 rings (SSSR count). The third kappa shape index (κ3) is 5.19. The van der Waals surface area contributed by atoms with E-state index in [4.69, 9.17) is 0 Å². The summed E-state index contributed by atoms with van der Waals surface area (Å²) in [6.45, 7) is 2.07. The molecule has 2 aromatic carbocycles. The van der Waals surface area contributed by atoms with Gasteiger partial charge in [0, 0.05) is 35.0 Å². The highest BCUT2D eigenvalue weighted by molar-refractivity contribution is 7.97. The Labute approximate surface area is 195 Å². The lowest BCUT2D eigenvalue weighted by molar-refractivity contribution is -0.115. The average molecular weight is 467 g/mol. The van der Waals surface area contributed by atoms with Crippen LogP contribution >= 0.6 is 23.3 Å². The van der Waals surface area contributed by atoms with Crippen molar-refractivity contribution in [2.24, 2.45) is 0 Å². The molecule has 0 unspecified atom stereocenters. The van der Waals surface area contributed by atoms with Crippen molar-refractivity contribution in [3.8, 4) is 6.07 Å². The summed E-state index contributed by atoms with van der Waals surface area (Å²) >= 11 is 2.96. The molecule has 0 saturated heterocycles. The molecule has 2 N–H and O–H groups in total. The number of amides is 1. The number of benzene rings is 2. The predicted molar refractivity (Wildman–Crippen MR) is 127 cm³/mol. The van der Waals surface area contributed by atoms with E-state index < -0.39 is 0 Å². The molecule has 5 nitrogen and oxygen atoms in total. The lowest BCUT2D eigenvalue weighted by atomic mass is 10.0. The maximum Gasteiger partial charge on any atom is 0.229 e. The number of nitrogens with one attached hydrogen (secondary N) is 2. The van der Waals surface area contributed by atoms with E-state index in [0.717, 1.165) is 39.4 Å². The van der Waals surface area contributed by atoms with Gasteiger partial charge in [0.1, 0.15) is 16.9 Å². The summed E-state index contributed by atoms with van der Waals surface area (Å²) in [6.07, 6.45) is 1.05. The molecule has 32 heavy (non-hydrogen) atoms. The molecule has 0 fully saturated rings. The first-order valence-corrected chi connectivity index (χ1v) is 11.9. The summed E-state index contributed by atoms with van der Waals surface area (Å²) in [7, 11) is 1.84. The van der Waals surface area contributed by atoms with E-state index >= 15 is 0 Å². The highest BCUT2D eigenvalue weighted by atomic mass is 32.2. The standard InChI is InChI=1S/C24H23FN4OS2/c1-27-32-21-8-3-2-6-17(21)12-23(30)28-24-19(13-26)20-15-29(10-9-22(20)31-24)14-16-5-4-7-18(25)11-16/h2-8,11,27H,9-10,12,14-15H2,1H3,(H,28,30). The van der Waals surface area contributed by atoms with Crippen molar-refractivity contribution in [3.63, 3.8) is 0 Å². The van der Waals surface area contributed by atoms with E-state index in [1.807, 2.05) is 37.4 Å². The summed E-state index contributed by atoms with van der Waals surface area (Å²) in [5.74, 6) is -0.381. The monoisotopic (exact) mass is 466 g/mol. The fourth-order valence-electron chi connectivity index (χ4n) is 3.88. The summed E-state index contributed by atoms with van der Waals surface area (Å²) < 4.78 is 16.6. The maximum atomic E-state index is 13.5. The zero-order chi connectivity index (χ0) is 22.5. The maximum absolute atomic E-state index is 13.5. The first kappa shape index (κ1) is 22.5. The Balaban J connectivity index is 1.47. The Hall–Kier alpha value is -2.70. The van der Waals surface area contributed by atoms with Crippen molar-refractivity contribution in [2.45, 2.75) is 30.8 Å². The van der Waals surface area contributed by atoms with E-state index in [9.17, 15) is 14.4 Å². The lowest BCUT2D eigenvalue weighted by Crippen LogP contribution is -2.29. The van der Waals surface area contributed by atoms with Crippen LogP contribution in [0.5, 0.6) is 0 Å². The zero-order valence-electron chi connectivity index (χ0n) is 17.7. The third-order valence-electron chi connectivity index (χ3n) is 5.32. The van der Waals surface area contributed by atoms with Gasteiger partial charge >= 0.3 is 0 Å². The van der Waals surface area contributed by atoms with E-state index in [-0.39, 0.29) is 18.1 Å². The molecular formula is C24H23FN4OS2. The van der Waals surface area contributed by atoms with Crippen LogP contribution in [0.25, 0.3) is 0 Å². The molecule has 1 aliphatic rings. The molecule has 2 heterocycles. The number of thiophene rings is 1. The van der Waals surface area contributed by atoms with Gasteiger partial charge in [-0.05, 0) is 54.7 Å². The molecule has 0 saturated carbocycles. The van der Waals surface area contributed by atoms with Crippen LogP contribution in [0.15, 0.2) is 53.4 Å². The van der Waals surface area contributed by atoms with Crippen LogP contribution in [-0.4, -0.2) is 24.4 Å². The Kier molecular flexibility index (Phi) is 7.22. The second-order valence-electron chi connectivity index (χ2n) is 7.55. The van der Waals surface area contributed by atoms with Gasteiger partial charge in [0.05, 0.1) is 12.0 Å². The highest BCUT2D eigenvalue weighted by Gasteiger charge is 2.25. The Morgan fingerprint density at radius 2 is 2.12 bits per heavy atom. The van der Waals surface area contributed by atoms with Crippen molar-refractivity contribution in [1.29, 1.82) is 5.26 Å². The molecule has 0 bridgehead atoms. The van der Waals surface area contributed by atoms with Gasteiger partial charge in [-0.3, -0.25) is 14.4 Å². The van der Waals surface area contributed by atoms with E-state index in [0.29, 0.717) is 23.7 Å². The number of carbonyl (C=O) groups excluding carboxylic acids is 1. The highest BCUT2D eigenvalue weighted by Crippen LogP contribution is 2.37. The number of rotatable bonds is 7. The first-order chi connectivity index (χ1) is 15.6. The van der Waals surface area contributed by atoms with Gasteiger partial charge in [0.25, 0.3) is 0 Å². The van der Waals surface area contributed by atoms with Crippen LogP contribution in [0.1, 0.15) is 27.1 Å². The van der Waals surface area contributed by atoms with Gasteiger partial charge in [-0.1, -0.05) is 30.3 Å². The van der Waals surface area contributed by atoms with Crippen LogP contribution in [0.3, 0.4) is 0 Å². The van der Waals surface area contributed by atoms with E-state index in [1.54, 1.807) is 12.1 Å². The molecule has 1 aliphatic heterocycles. The minimum Gasteiger partial charge on any atom is -0.316 e. The lowest BCUT2D eigenvalue weighted by Gasteiger charge is -2.27. The fourth-order valence-corrected chi connectivity index (χ4v) is 5.68. The molecule has 0 aliphatic carbocycles. The minimum atomic E-state index is -0.242. The second kappa shape index (κ2) is 10.3. The van der Waals surface area contributed by atoms with Crippen molar-refractivity contribution in [1.82, 2.24) is 9.62 Å². The molecule has 8 heteroatoms. The number of hydrogen-bond acceptors (Lipinski definition) is 6. The van der Waals surface area contributed by atoms with Gasteiger partial charge in [-0.15, -0.1) is 11.3 Å². The number of carbonyl (C=O) groups is 1. The Bertz CT molecular complexity index is 1170. The minimum absolute atomic E-state index is 0.138. The van der Waals surface area contributed by atoms with Gasteiger partial charge in [-0.2, -0.15) is 5.26 Å². The quantitative estimate of drug-likeness (QED) is 0.493. The topological polar surface area (TPSA) is 68.2 Å². The zero-order valence-corrected chi connectivity index (χ0v) is 19.3. The number of nitriles is 1. The third-order valence-corrected chi connectivity index (χ3v) is 7.35. The smallest absolute Gasteiger partial charge is 0.229 e. The number of fused-ring (bicyclic) bond motifs is 1. The first-order valence-electron chi connectivity index (χ1n) is 10.3. The van der Waals surface area contributed by atoms with Crippen molar-refractivity contribution in [2.75, 3.05) is 18.9 Å². The number of halogens is 1. The van der Waals surface area contributed by atoms with Crippen LogP contribution < -0.4 is 10.0 Å². The largest absolute Gasteiger partial charge is 0.316 e. The molecule has 3 aromatic rings. The molecule has 1 aromatic heterocycles. The van der Waals surface area contributed by atoms with Gasteiger partial charge in [-0.25, -0.2) is 4.39 Å². The molecule has 0 spiro atoms. The number of nitrogens with zero attached hydrogens (tertiary/aromatic N) is 2. The number of hydrogen-bond donors (Lipinski definition) is 2. The Morgan fingerprint density at radius 3 is 2.91 bits per heavy atom. The van der Waals surface area contributed by atoms with Crippen LogP contribution in [-0.2, 0) is 30.7 Å². The number of anilines is 1. The molecule has 0 atom stereocenters. The summed E-state index contributed by atoms with van der Waals surface area (Å²) in [5.41, 5.74) is 3.36. The van der Waals surface area contributed by atoms with E-state index in [2.05, 4.69) is 21.0 Å². The van der Waals surface area contributed by atoms with Gasteiger partial charge in [0.2, 0.25) is 5.91 Å². The fraction of sp³-hybridized carbons (Fsp3) is 0.250. The molecule has 0 radical (unpaired) electrons. The molecular weight excluding hydrogens is 443 g/mol. The summed E-state index contributed by atoms with van der Waals surface area (Å²) in [6, 6.07) is 16.7. The van der Waals surface area contributed by atoms with Crippen molar-refractivity contribution in [3.05, 3.63) is 81.5 Å². The predicted octanol–water partition coefficient (Wildman–Crippen LogP) is 4.72. The molecule has 164 valence electrons. The van der Waals surface area contributed by atoms with Crippen LogP contribution in [0.2, 0.25) is 0 Å². The molecule has 1 amide bonds. The van der Waals surface area contributed by atoms with Gasteiger partial charge < -0.3 is 5.32 Å². The summed E-state index contributed by atoms with van der Waals surface area (Å²) in [5, 5.41) is 13.4. The Morgan fingerprint density at radius 1 is 1.28 bits per heavy atom. The van der Waals surface area contributed by atoms with Crippen molar-refractivity contribution >= 4 is 34.2 Å². The summed E-state index contributed by atoms with van der Waals surface area (Å²) in [4.78, 5) is 17.1. The second-order valence-corrected chi connectivity index (χ2v) is 9.71. The van der Waals surface area contributed by atoms with Crippen LogP contribution in [0.4, 0.5) is 9.39 Å².